The third kappa shape index (κ3) is 4.65. The van der Waals surface area contributed by atoms with Crippen molar-refractivity contribution >= 4 is 0 Å². The number of hydrogen-bond acceptors (Lipinski definition) is 1. The molecule has 0 heterocycles. The molecular formula is C28H31F3O. The molecule has 4 rings (SSSR count). The highest BCUT2D eigenvalue weighted by Gasteiger charge is 2.36. The lowest BCUT2D eigenvalue weighted by Crippen LogP contribution is -2.30. The maximum Gasteiger partial charge on any atom is 0.167 e. The van der Waals surface area contributed by atoms with Gasteiger partial charge in [-0.25, -0.2) is 13.2 Å². The van der Waals surface area contributed by atoms with Crippen molar-refractivity contribution < 1.29 is 17.9 Å². The van der Waals surface area contributed by atoms with E-state index in [9.17, 15) is 4.39 Å². The average molecular weight is 441 g/mol. The van der Waals surface area contributed by atoms with Gasteiger partial charge in [0.05, 0.1) is 0 Å². The first kappa shape index (κ1) is 22.7. The van der Waals surface area contributed by atoms with Crippen molar-refractivity contribution in [2.75, 3.05) is 6.61 Å². The molecule has 2 fully saturated rings. The van der Waals surface area contributed by atoms with E-state index in [1.54, 1.807) is 18.2 Å². The van der Waals surface area contributed by atoms with Crippen LogP contribution < -0.4 is 4.74 Å². The first-order valence-electron chi connectivity index (χ1n) is 11.7. The van der Waals surface area contributed by atoms with Gasteiger partial charge in [0, 0.05) is 17.2 Å². The molecule has 0 aromatic heterocycles. The zero-order chi connectivity index (χ0) is 22.7. The number of allylic oxidation sites excluding steroid dienone is 2. The van der Waals surface area contributed by atoms with E-state index in [0.717, 1.165) is 25.7 Å². The van der Waals surface area contributed by atoms with Crippen LogP contribution in [0.3, 0.4) is 0 Å². The molecule has 32 heavy (non-hydrogen) atoms. The molecule has 2 aliphatic carbocycles. The molecule has 2 aromatic carbocycles. The number of benzene rings is 2. The van der Waals surface area contributed by atoms with Crippen LogP contribution >= 0.6 is 0 Å². The molecule has 0 amide bonds. The smallest absolute Gasteiger partial charge is 0.167 e. The van der Waals surface area contributed by atoms with Crippen molar-refractivity contribution in [1.29, 1.82) is 0 Å². The monoisotopic (exact) mass is 440 g/mol. The van der Waals surface area contributed by atoms with E-state index in [-0.39, 0.29) is 23.7 Å². The minimum Gasteiger partial charge on any atom is -0.489 e. The summed E-state index contributed by atoms with van der Waals surface area (Å²) in [6.07, 6.45) is 12.4. The fraction of sp³-hybridized carbons (Fsp3) is 0.429. The highest BCUT2D eigenvalue weighted by molar-refractivity contribution is 5.66. The Kier molecular flexibility index (Phi) is 7.07. The van der Waals surface area contributed by atoms with Gasteiger partial charge in [-0.1, -0.05) is 36.9 Å². The zero-order valence-electron chi connectivity index (χ0n) is 18.6. The molecule has 0 bridgehead atoms. The molecule has 4 heteroatoms. The van der Waals surface area contributed by atoms with E-state index in [1.807, 2.05) is 0 Å². The molecule has 0 spiro atoms. The van der Waals surface area contributed by atoms with E-state index in [2.05, 4.69) is 25.7 Å². The third-order valence-electron chi connectivity index (χ3n) is 7.27. The molecule has 2 aromatic rings. The second kappa shape index (κ2) is 9.97. The topological polar surface area (TPSA) is 9.23 Å². The van der Waals surface area contributed by atoms with Gasteiger partial charge in [-0.05, 0) is 86.8 Å². The number of halogens is 3. The van der Waals surface area contributed by atoms with Crippen molar-refractivity contribution in [3.05, 3.63) is 78.2 Å². The van der Waals surface area contributed by atoms with Crippen molar-refractivity contribution in [3.8, 4) is 16.9 Å². The molecule has 2 saturated carbocycles. The largest absolute Gasteiger partial charge is 0.489 e. The third-order valence-corrected chi connectivity index (χ3v) is 7.27. The van der Waals surface area contributed by atoms with Crippen molar-refractivity contribution in [1.82, 2.24) is 0 Å². The van der Waals surface area contributed by atoms with Crippen LogP contribution in [-0.2, 0) is 0 Å². The van der Waals surface area contributed by atoms with Crippen LogP contribution in [0.4, 0.5) is 13.2 Å². The Morgan fingerprint density at radius 2 is 1.69 bits per heavy atom. The van der Waals surface area contributed by atoms with Gasteiger partial charge >= 0.3 is 0 Å². The molecule has 4 atom stereocenters. The van der Waals surface area contributed by atoms with Crippen LogP contribution in [0, 0.1) is 35.2 Å². The Balaban J connectivity index is 1.52. The van der Waals surface area contributed by atoms with Gasteiger partial charge in [-0.3, -0.25) is 0 Å². The Morgan fingerprint density at radius 3 is 2.44 bits per heavy atom. The summed E-state index contributed by atoms with van der Waals surface area (Å²) in [5.41, 5.74) is 0.413. The van der Waals surface area contributed by atoms with E-state index in [1.165, 1.54) is 31.0 Å². The Bertz CT molecular complexity index is 996. The molecule has 0 radical (unpaired) electrons. The van der Waals surface area contributed by atoms with E-state index in [0.29, 0.717) is 29.1 Å². The first-order valence-corrected chi connectivity index (χ1v) is 11.7. The summed E-state index contributed by atoms with van der Waals surface area (Å²) in [4.78, 5) is 0. The summed E-state index contributed by atoms with van der Waals surface area (Å²) in [7, 11) is 0. The second-order valence-electron chi connectivity index (χ2n) is 9.20. The lowest BCUT2D eigenvalue weighted by atomic mass is 9.64. The van der Waals surface area contributed by atoms with Crippen molar-refractivity contribution in [3.63, 3.8) is 0 Å². The SMILES string of the molecule is C=CCOc1ccc(-c2ccc(C3CCC4CC(/C=C/C)CCC4C3)c(F)c2F)c(F)c1. The second-order valence-corrected chi connectivity index (χ2v) is 9.20. The normalized spacial score (nSPS) is 25.5. The predicted molar refractivity (Wildman–Crippen MR) is 123 cm³/mol. The average Bonchev–Trinajstić information content (AvgIpc) is 2.80. The van der Waals surface area contributed by atoms with E-state index >= 15 is 8.78 Å². The summed E-state index contributed by atoms with van der Waals surface area (Å²) >= 11 is 0. The van der Waals surface area contributed by atoms with Crippen LogP contribution in [0.15, 0.2) is 55.1 Å². The fourth-order valence-electron chi connectivity index (χ4n) is 5.70. The maximum absolute atomic E-state index is 15.2. The minimum absolute atomic E-state index is 0.0255. The summed E-state index contributed by atoms with van der Waals surface area (Å²) < 4.78 is 50.1. The Morgan fingerprint density at radius 1 is 0.938 bits per heavy atom. The number of fused-ring (bicyclic) bond motifs is 1. The van der Waals surface area contributed by atoms with Crippen LogP contribution in [0.1, 0.15) is 56.9 Å². The molecule has 170 valence electrons. The van der Waals surface area contributed by atoms with Gasteiger partial charge in [0.25, 0.3) is 0 Å². The molecule has 1 nitrogen and oxygen atoms in total. The highest BCUT2D eigenvalue weighted by atomic mass is 19.2. The Labute approximate surface area is 189 Å². The summed E-state index contributed by atoms with van der Waals surface area (Å²) in [6.45, 7) is 5.87. The van der Waals surface area contributed by atoms with Crippen LogP contribution in [0.5, 0.6) is 5.75 Å². The van der Waals surface area contributed by atoms with Gasteiger partial charge in [0.2, 0.25) is 0 Å². The summed E-state index contributed by atoms with van der Waals surface area (Å²) in [5.74, 6) is -0.171. The maximum atomic E-state index is 15.2. The summed E-state index contributed by atoms with van der Waals surface area (Å²) in [6, 6.07) is 7.35. The number of hydrogen-bond donors (Lipinski definition) is 0. The fourth-order valence-corrected chi connectivity index (χ4v) is 5.70. The quantitative estimate of drug-likeness (QED) is 0.411. The number of rotatable bonds is 6. The molecule has 2 aliphatic rings. The molecule has 4 unspecified atom stereocenters. The molecular weight excluding hydrogens is 409 g/mol. The molecule has 0 saturated heterocycles. The zero-order valence-corrected chi connectivity index (χ0v) is 18.6. The van der Waals surface area contributed by atoms with Crippen molar-refractivity contribution in [2.24, 2.45) is 17.8 Å². The highest BCUT2D eigenvalue weighted by Crippen LogP contribution is 2.48. The van der Waals surface area contributed by atoms with Gasteiger partial charge in [-0.2, -0.15) is 0 Å². The van der Waals surface area contributed by atoms with Gasteiger partial charge in [0.15, 0.2) is 11.6 Å². The lowest BCUT2D eigenvalue weighted by molar-refractivity contribution is 0.132. The standard InChI is InChI=1S/C28H31F3O/c1-3-5-18-6-7-20-16-21(9-8-19(20)15-18)23-12-13-25(28(31)27(23)30)24-11-10-22(17-26(24)29)32-14-4-2/h3-5,10-13,17-21H,2,6-9,14-16H2,1H3/b5-3+. The van der Waals surface area contributed by atoms with Gasteiger partial charge in [0.1, 0.15) is 18.2 Å². The van der Waals surface area contributed by atoms with Crippen molar-refractivity contribution in [2.45, 2.75) is 51.4 Å². The van der Waals surface area contributed by atoms with Crippen LogP contribution in [0.25, 0.3) is 11.1 Å². The predicted octanol–water partition coefficient (Wildman–Crippen LogP) is 8.21. The lowest BCUT2D eigenvalue weighted by Gasteiger charge is -2.42. The first-order chi connectivity index (χ1) is 15.5. The van der Waals surface area contributed by atoms with Gasteiger partial charge < -0.3 is 4.74 Å². The van der Waals surface area contributed by atoms with E-state index < -0.39 is 17.5 Å². The van der Waals surface area contributed by atoms with Gasteiger partial charge in [-0.15, -0.1) is 0 Å². The molecule has 0 N–H and O–H groups in total. The number of ether oxygens (including phenoxy) is 1. The minimum atomic E-state index is -0.972. The van der Waals surface area contributed by atoms with Crippen LogP contribution in [-0.4, -0.2) is 6.61 Å². The van der Waals surface area contributed by atoms with E-state index in [4.69, 9.17) is 4.74 Å². The summed E-state index contributed by atoms with van der Waals surface area (Å²) in [5, 5.41) is 0. The Hall–Kier alpha value is -2.49. The molecule has 0 aliphatic heterocycles. The van der Waals surface area contributed by atoms with Crippen LogP contribution in [0.2, 0.25) is 0 Å².